The van der Waals surface area contributed by atoms with E-state index < -0.39 is 0 Å². The van der Waals surface area contributed by atoms with Gasteiger partial charge in [-0.25, -0.2) is 0 Å². The number of rotatable bonds is 3. The summed E-state index contributed by atoms with van der Waals surface area (Å²) in [6.45, 7) is 0. The molecule has 1 heterocycles. The van der Waals surface area contributed by atoms with Crippen molar-refractivity contribution in [2.75, 3.05) is 0 Å². The zero-order valence-electron chi connectivity index (χ0n) is 13.9. The van der Waals surface area contributed by atoms with Gasteiger partial charge in [-0.15, -0.1) is 0 Å². The Labute approximate surface area is 152 Å². The lowest BCUT2D eigenvalue weighted by atomic mass is 9.99. The number of nitrogens with two attached hydrogens (primary N) is 1. The van der Waals surface area contributed by atoms with Gasteiger partial charge in [-0.3, -0.25) is 0 Å². The molecule has 2 N–H and O–H groups in total. The molecule has 4 rings (SSSR count). The van der Waals surface area contributed by atoms with Gasteiger partial charge in [-0.2, -0.15) is 4.98 Å². The quantitative estimate of drug-likeness (QED) is 0.717. The van der Waals surface area contributed by atoms with Crippen molar-refractivity contribution < 1.29 is 4.52 Å². The number of halogens is 1. The normalized spacial score (nSPS) is 17.1. The van der Waals surface area contributed by atoms with E-state index in [4.69, 9.17) is 21.9 Å². The highest BCUT2D eigenvalue weighted by molar-refractivity contribution is 6.30. The molecule has 128 valence electrons. The highest BCUT2D eigenvalue weighted by atomic mass is 35.5. The molecule has 25 heavy (non-hydrogen) atoms. The van der Waals surface area contributed by atoms with Crippen molar-refractivity contribution in [2.45, 2.75) is 38.1 Å². The van der Waals surface area contributed by atoms with Crippen LogP contribution >= 0.6 is 11.6 Å². The number of hydrogen-bond donors (Lipinski definition) is 1. The van der Waals surface area contributed by atoms with E-state index in [1.807, 2.05) is 24.3 Å². The minimum absolute atomic E-state index is 0.234. The monoisotopic (exact) mass is 353 g/mol. The molecule has 1 atom stereocenters. The Bertz CT molecular complexity index is 890. The summed E-state index contributed by atoms with van der Waals surface area (Å²) in [5, 5.41) is 4.82. The lowest BCUT2D eigenvalue weighted by Crippen LogP contribution is -2.21. The van der Waals surface area contributed by atoms with Crippen molar-refractivity contribution in [3.63, 3.8) is 0 Å². The van der Waals surface area contributed by atoms with Gasteiger partial charge in [0.2, 0.25) is 0 Å². The van der Waals surface area contributed by atoms with Gasteiger partial charge < -0.3 is 10.3 Å². The summed E-state index contributed by atoms with van der Waals surface area (Å²) in [4.78, 5) is 4.54. The maximum Gasteiger partial charge on any atom is 0.257 e. The SMILES string of the molecule is NC1CCCc2ccc(-c3nc(Cc4cccc(Cl)c4)no3)cc2C1. The summed E-state index contributed by atoms with van der Waals surface area (Å²) in [6.07, 6.45) is 4.83. The Morgan fingerprint density at radius 2 is 2.08 bits per heavy atom. The molecule has 0 aliphatic heterocycles. The average Bonchev–Trinajstić information content (AvgIpc) is 2.96. The summed E-state index contributed by atoms with van der Waals surface area (Å²) in [7, 11) is 0. The van der Waals surface area contributed by atoms with Crippen LogP contribution < -0.4 is 5.73 Å². The Hall–Kier alpha value is -2.17. The second-order valence-corrected chi connectivity index (χ2v) is 7.10. The molecule has 0 spiro atoms. The lowest BCUT2D eigenvalue weighted by Gasteiger charge is -2.09. The van der Waals surface area contributed by atoms with Crippen LogP contribution in [0.2, 0.25) is 5.02 Å². The molecule has 3 aromatic rings. The molecular formula is C20H20ClN3O. The summed E-state index contributed by atoms with van der Waals surface area (Å²) in [5.74, 6) is 1.21. The van der Waals surface area contributed by atoms with E-state index in [-0.39, 0.29) is 6.04 Å². The second-order valence-electron chi connectivity index (χ2n) is 6.66. The zero-order chi connectivity index (χ0) is 17.2. The van der Waals surface area contributed by atoms with E-state index in [1.54, 1.807) is 0 Å². The average molecular weight is 354 g/mol. The minimum atomic E-state index is 0.234. The van der Waals surface area contributed by atoms with E-state index in [2.05, 4.69) is 28.3 Å². The first-order valence-electron chi connectivity index (χ1n) is 8.62. The molecular weight excluding hydrogens is 334 g/mol. The third kappa shape index (κ3) is 3.75. The van der Waals surface area contributed by atoms with Crippen LogP contribution in [0.4, 0.5) is 0 Å². The third-order valence-corrected chi connectivity index (χ3v) is 4.91. The standard InChI is InChI=1S/C20H20ClN3O/c21-17-5-1-3-13(9-17)10-19-23-20(25-24-19)15-8-7-14-4-2-6-18(22)12-16(14)11-15/h1,3,5,7-9,11,18H,2,4,6,10,12,22H2. The van der Waals surface area contributed by atoms with E-state index in [1.165, 1.54) is 11.1 Å². The summed E-state index contributed by atoms with van der Waals surface area (Å²) in [6, 6.07) is 14.3. The highest BCUT2D eigenvalue weighted by Crippen LogP contribution is 2.26. The molecule has 0 bridgehead atoms. The van der Waals surface area contributed by atoms with Crippen LogP contribution in [0.25, 0.3) is 11.5 Å². The van der Waals surface area contributed by atoms with Crippen LogP contribution in [0.15, 0.2) is 47.0 Å². The van der Waals surface area contributed by atoms with Gasteiger partial charge in [-0.05, 0) is 66.6 Å². The Morgan fingerprint density at radius 1 is 1.16 bits per heavy atom. The number of benzene rings is 2. The second kappa shape index (κ2) is 6.98. The zero-order valence-corrected chi connectivity index (χ0v) is 14.7. The van der Waals surface area contributed by atoms with Gasteiger partial charge in [0, 0.05) is 23.0 Å². The van der Waals surface area contributed by atoms with Crippen molar-refractivity contribution in [2.24, 2.45) is 5.73 Å². The minimum Gasteiger partial charge on any atom is -0.334 e. The van der Waals surface area contributed by atoms with Crippen LogP contribution in [0.5, 0.6) is 0 Å². The number of nitrogens with zero attached hydrogens (tertiary/aromatic N) is 2. The van der Waals surface area contributed by atoms with Gasteiger partial charge in [-0.1, -0.05) is 35.0 Å². The van der Waals surface area contributed by atoms with Gasteiger partial charge in [0.15, 0.2) is 5.82 Å². The predicted octanol–water partition coefficient (Wildman–Crippen LogP) is 4.19. The Morgan fingerprint density at radius 3 is 2.96 bits per heavy atom. The van der Waals surface area contributed by atoms with Crippen molar-refractivity contribution in [3.05, 3.63) is 70.0 Å². The molecule has 1 unspecified atom stereocenters. The van der Waals surface area contributed by atoms with Crippen LogP contribution in [-0.4, -0.2) is 16.2 Å². The number of hydrogen-bond acceptors (Lipinski definition) is 4. The van der Waals surface area contributed by atoms with Gasteiger partial charge in [0.05, 0.1) is 0 Å². The van der Waals surface area contributed by atoms with Gasteiger partial charge >= 0.3 is 0 Å². The fourth-order valence-corrected chi connectivity index (χ4v) is 3.62. The van der Waals surface area contributed by atoms with E-state index in [0.717, 1.165) is 36.8 Å². The molecule has 1 aliphatic rings. The first-order valence-corrected chi connectivity index (χ1v) is 9.00. The van der Waals surface area contributed by atoms with Crippen molar-refractivity contribution in [3.8, 4) is 11.5 Å². The molecule has 5 heteroatoms. The largest absolute Gasteiger partial charge is 0.334 e. The molecule has 1 aliphatic carbocycles. The van der Waals surface area contributed by atoms with Crippen molar-refractivity contribution >= 4 is 11.6 Å². The predicted molar refractivity (Wildman–Crippen MR) is 98.6 cm³/mol. The molecule has 1 aromatic heterocycles. The first-order chi connectivity index (χ1) is 12.2. The Balaban J connectivity index is 1.58. The van der Waals surface area contributed by atoms with E-state index >= 15 is 0 Å². The van der Waals surface area contributed by atoms with Crippen LogP contribution in [-0.2, 0) is 19.3 Å². The van der Waals surface area contributed by atoms with Gasteiger partial charge in [0.25, 0.3) is 5.89 Å². The maximum atomic E-state index is 6.18. The molecule has 0 fully saturated rings. The molecule has 0 radical (unpaired) electrons. The van der Waals surface area contributed by atoms with Crippen molar-refractivity contribution in [1.82, 2.24) is 10.1 Å². The van der Waals surface area contributed by atoms with Crippen LogP contribution in [0.3, 0.4) is 0 Å². The molecule has 4 nitrogen and oxygen atoms in total. The fourth-order valence-electron chi connectivity index (χ4n) is 3.40. The van der Waals surface area contributed by atoms with E-state index in [9.17, 15) is 0 Å². The fraction of sp³-hybridized carbons (Fsp3) is 0.300. The number of aromatic nitrogens is 2. The highest BCUT2D eigenvalue weighted by Gasteiger charge is 2.16. The van der Waals surface area contributed by atoms with E-state index in [0.29, 0.717) is 23.2 Å². The molecule has 0 saturated heterocycles. The summed E-state index contributed by atoms with van der Waals surface area (Å²) < 4.78 is 5.48. The van der Waals surface area contributed by atoms with Crippen LogP contribution in [0.1, 0.15) is 35.4 Å². The third-order valence-electron chi connectivity index (χ3n) is 4.68. The lowest BCUT2D eigenvalue weighted by molar-refractivity contribution is 0.424. The molecule has 0 amide bonds. The number of aryl methyl sites for hydroxylation is 1. The van der Waals surface area contributed by atoms with Crippen LogP contribution in [0, 0.1) is 0 Å². The first kappa shape index (κ1) is 16.3. The maximum absolute atomic E-state index is 6.18. The summed E-state index contributed by atoms with van der Waals surface area (Å²) in [5.41, 5.74) is 10.9. The Kier molecular flexibility index (Phi) is 4.55. The van der Waals surface area contributed by atoms with Gasteiger partial charge in [0.1, 0.15) is 0 Å². The van der Waals surface area contributed by atoms with Crippen molar-refractivity contribution in [1.29, 1.82) is 0 Å². The smallest absolute Gasteiger partial charge is 0.257 e. The molecule has 2 aromatic carbocycles. The number of fused-ring (bicyclic) bond motifs is 1. The summed E-state index contributed by atoms with van der Waals surface area (Å²) >= 11 is 6.03. The molecule has 0 saturated carbocycles. The topological polar surface area (TPSA) is 64.9 Å².